The second kappa shape index (κ2) is 12.1. The van der Waals surface area contributed by atoms with Crippen LogP contribution in [-0.2, 0) is 28.4 Å². The Morgan fingerprint density at radius 3 is 2.19 bits per heavy atom. The van der Waals surface area contributed by atoms with Crippen molar-refractivity contribution in [3.63, 3.8) is 0 Å². The van der Waals surface area contributed by atoms with Gasteiger partial charge in [-0.1, -0.05) is 61.4 Å². The molecule has 0 unspecified atom stereocenters. The van der Waals surface area contributed by atoms with Crippen LogP contribution in [0.3, 0.4) is 0 Å². The number of fused-ring (bicyclic) bond motifs is 1. The van der Waals surface area contributed by atoms with Crippen molar-refractivity contribution in [1.82, 2.24) is 4.98 Å². The van der Waals surface area contributed by atoms with E-state index in [1.54, 1.807) is 0 Å². The minimum Gasteiger partial charge on any atom is -0.303 e. The molecule has 5 nitrogen and oxygen atoms in total. The summed E-state index contributed by atoms with van der Waals surface area (Å²) in [5, 5.41) is 1.22. The maximum absolute atomic E-state index is 10.7. The fourth-order valence-electron chi connectivity index (χ4n) is 3.95. The van der Waals surface area contributed by atoms with Crippen molar-refractivity contribution in [3.8, 4) is 0 Å². The molecule has 0 fully saturated rings. The van der Waals surface area contributed by atoms with Gasteiger partial charge in [0.15, 0.2) is 0 Å². The highest BCUT2D eigenvalue weighted by Crippen LogP contribution is 2.35. The number of nitrogens with zero attached hydrogens (tertiary/aromatic N) is 1. The summed E-state index contributed by atoms with van der Waals surface area (Å²) in [4.78, 5) is 22.1. The van der Waals surface area contributed by atoms with Gasteiger partial charge in [-0.2, -0.15) is 0 Å². The number of unbranched alkanes of at least 4 members (excludes halogenated alkanes) is 4. The maximum Gasteiger partial charge on any atom is 0.469 e. The van der Waals surface area contributed by atoms with E-state index in [0.29, 0.717) is 6.42 Å². The van der Waals surface area contributed by atoms with Gasteiger partial charge in [0.25, 0.3) is 0 Å². The molecule has 3 aromatic rings. The fraction of sp³-hybridized carbons (Fsp3) is 0.400. The van der Waals surface area contributed by atoms with E-state index in [2.05, 4.69) is 58.0 Å². The molecule has 0 spiro atoms. The first-order valence-electron chi connectivity index (χ1n) is 11.1. The minimum atomic E-state index is -4.37. The summed E-state index contributed by atoms with van der Waals surface area (Å²) in [6, 6.07) is 19.2. The van der Waals surface area contributed by atoms with E-state index in [0.717, 1.165) is 31.2 Å². The maximum atomic E-state index is 10.7. The van der Waals surface area contributed by atoms with E-state index in [4.69, 9.17) is 9.79 Å². The fourth-order valence-corrected chi connectivity index (χ4v) is 4.32. The quantitative estimate of drug-likeness (QED) is 0.251. The Bertz CT molecular complexity index is 987. The van der Waals surface area contributed by atoms with Crippen molar-refractivity contribution in [1.29, 1.82) is 0 Å². The Hall–Kier alpha value is -2.04. The van der Waals surface area contributed by atoms with Crippen LogP contribution in [0.15, 0.2) is 60.8 Å². The second-order valence-corrected chi connectivity index (χ2v) is 9.20. The van der Waals surface area contributed by atoms with E-state index in [-0.39, 0.29) is 6.61 Å². The van der Waals surface area contributed by atoms with Gasteiger partial charge >= 0.3 is 7.82 Å². The Morgan fingerprint density at radius 2 is 1.42 bits per heavy atom. The van der Waals surface area contributed by atoms with Gasteiger partial charge in [-0.25, -0.2) is 4.57 Å². The SMILES string of the molecule is O=P(O)(O)OCCCCc1ccc(CCCCCCc2ccccc2)c2cccnc12. The number of aryl methyl sites for hydroxylation is 3. The van der Waals surface area contributed by atoms with E-state index in [1.807, 2.05) is 12.3 Å². The Kier molecular flexibility index (Phi) is 9.23. The normalized spacial score (nSPS) is 11.8. The number of hydrogen-bond donors (Lipinski definition) is 2. The smallest absolute Gasteiger partial charge is 0.303 e. The van der Waals surface area contributed by atoms with Crippen LogP contribution in [0.2, 0.25) is 0 Å². The predicted octanol–water partition coefficient (Wildman–Crippen LogP) is 6.01. The molecule has 0 atom stereocenters. The third-order valence-corrected chi connectivity index (χ3v) is 6.07. The number of benzene rings is 2. The molecule has 2 aromatic carbocycles. The second-order valence-electron chi connectivity index (χ2n) is 7.96. The topological polar surface area (TPSA) is 79.7 Å². The van der Waals surface area contributed by atoms with E-state index in [1.165, 1.54) is 47.8 Å². The monoisotopic (exact) mass is 441 g/mol. The van der Waals surface area contributed by atoms with Gasteiger partial charge in [0.2, 0.25) is 0 Å². The number of pyridine rings is 1. The van der Waals surface area contributed by atoms with Gasteiger partial charge < -0.3 is 9.79 Å². The summed E-state index contributed by atoms with van der Waals surface area (Å²) in [6.07, 6.45) is 11.2. The van der Waals surface area contributed by atoms with Gasteiger partial charge in [0.1, 0.15) is 0 Å². The van der Waals surface area contributed by atoms with Crippen molar-refractivity contribution in [2.24, 2.45) is 0 Å². The largest absolute Gasteiger partial charge is 0.469 e. The number of rotatable bonds is 13. The average Bonchev–Trinajstić information content (AvgIpc) is 2.76. The molecule has 1 aromatic heterocycles. The highest BCUT2D eigenvalue weighted by Gasteiger charge is 2.13. The molecule has 0 radical (unpaired) electrons. The van der Waals surface area contributed by atoms with Crippen molar-refractivity contribution in [2.45, 2.75) is 57.8 Å². The van der Waals surface area contributed by atoms with Crippen LogP contribution in [-0.4, -0.2) is 21.4 Å². The van der Waals surface area contributed by atoms with E-state index >= 15 is 0 Å². The summed E-state index contributed by atoms with van der Waals surface area (Å²) in [6.45, 7) is 0.0675. The van der Waals surface area contributed by atoms with Crippen molar-refractivity contribution >= 4 is 18.7 Å². The zero-order valence-corrected chi connectivity index (χ0v) is 18.8. The van der Waals surface area contributed by atoms with Crippen LogP contribution < -0.4 is 0 Å². The summed E-state index contributed by atoms with van der Waals surface area (Å²) in [7, 11) is -4.37. The molecular weight excluding hydrogens is 409 g/mol. The third kappa shape index (κ3) is 8.19. The summed E-state index contributed by atoms with van der Waals surface area (Å²) >= 11 is 0. The average molecular weight is 442 g/mol. The standard InChI is InChI=1S/C25H32NO4P/c27-31(28,29)30-20-9-8-15-23-18-17-22(24-16-10-19-26-25(23)24)14-7-2-1-4-11-21-12-5-3-6-13-21/h3,5-6,10,12-13,16-19H,1-2,4,7-9,11,14-15,20H2,(H2,27,28,29). The van der Waals surface area contributed by atoms with Gasteiger partial charge in [0, 0.05) is 11.6 Å². The summed E-state index contributed by atoms with van der Waals surface area (Å²) in [5.41, 5.74) is 4.99. The molecule has 0 bridgehead atoms. The lowest BCUT2D eigenvalue weighted by Crippen LogP contribution is -1.97. The molecule has 1 heterocycles. The van der Waals surface area contributed by atoms with E-state index < -0.39 is 7.82 Å². The molecule has 2 N–H and O–H groups in total. The lowest BCUT2D eigenvalue weighted by molar-refractivity contribution is 0.194. The van der Waals surface area contributed by atoms with Crippen LogP contribution in [0.25, 0.3) is 10.9 Å². The zero-order valence-electron chi connectivity index (χ0n) is 17.9. The first kappa shape index (κ1) is 23.6. The molecule has 31 heavy (non-hydrogen) atoms. The zero-order chi connectivity index (χ0) is 21.9. The van der Waals surface area contributed by atoms with Crippen LogP contribution in [0.5, 0.6) is 0 Å². The van der Waals surface area contributed by atoms with Crippen LogP contribution in [0.4, 0.5) is 0 Å². The number of phosphoric acid groups is 1. The highest BCUT2D eigenvalue weighted by atomic mass is 31.2. The van der Waals surface area contributed by atoms with Gasteiger partial charge in [-0.05, 0) is 67.7 Å². The number of phosphoric ester groups is 1. The predicted molar refractivity (Wildman–Crippen MR) is 125 cm³/mol. The Balaban J connectivity index is 1.47. The highest BCUT2D eigenvalue weighted by molar-refractivity contribution is 7.46. The first-order valence-corrected chi connectivity index (χ1v) is 12.7. The van der Waals surface area contributed by atoms with Crippen molar-refractivity contribution < 1.29 is 18.9 Å². The van der Waals surface area contributed by atoms with Crippen LogP contribution in [0.1, 0.15) is 55.2 Å². The van der Waals surface area contributed by atoms with Gasteiger partial charge in [0.05, 0.1) is 12.1 Å². The number of aromatic nitrogens is 1. The Labute approximate surface area is 184 Å². The molecular formula is C25H32NO4P. The molecule has 0 saturated heterocycles. The molecule has 0 saturated carbocycles. The van der Waals surface area contributed by atoms with Gasteiger partial charge in [-0.15, -0.1) is 0 Å². The summed E-state index contributed by atoms with van der Waals surface area (Å²) in [5.74, 6) is 0. The molecule has 6 heteroatoms. The third-order valence-electron chi connectivity index (χ3n) is 5.55. The minimum absolute atomic E-state index is 0.0675. The Morgan fingerprint density at radius 1 is 0.742 bits per heavy atom. The molecule has 166 valence electrons. The number of hydrogen-bond acceptors (Lipinski definition) is 3. The van der Waals surface area contributed by atoms with Crippen molar-refractivity contribution in [3.05, 3.63) is 77.5 Å². The van der Waals surface area contributed by atoms with E-state index in [9.17, 15) is 4.57 Å². The van der Waals surface area contributed by atoms with Crippen molar-refractivity contribution in [2.75, 3.05) is 6.61 Å². The van der Waals surface area contributed by atoms with Crippen LogP contribution >= 0.6 is 7.82 Å². The molecule has 0 aliphatic carbocycles. The molecule has 0 aliphatic heterocycles. The molecule has 3 rings (SSSR count). The van der Waals surface area contributed by atoms with Crippen LogP contribution in [0, 0.1) is 0 Å². The lowest BCUT2D eigenvalue weighted by atomic mass is 9.96. The molecule has 0 aliphatic rings. The summed E-state index contributed by atoms with van der Waals surface area (Å²) < 4.78 is 15.3. The van der Waals surface area contributed by atoms with Gasteiger partial charge in [-0.3, -0.25) is 9.51 Å². The lowest BCUT2D eigenvalue weighted by Gasteiger charge is -2.11. The first-order chi connectivity index (χ1) is 15.0. The molecule has 0 amide bonds.